The van der Waals surface area contributed by atoms with Gasteiger partial charge in [-0.05, 0) is 31.5 Å². The van der Waals surface area contributed by atoms with Gasteiger partial charge in [0.1, 0.15) is 5.82 Å². The second kappa shape index (κ2) is 14.9. The zero-order valence-corrected chi connectivity index (χ0v) is 18.0. The number of aliphatic imine (C=N–C) groups is 1. The van der Waals surface area contributed by atoms with Crippen molar-refractivity contribution in [3.8, 4) is 0 Å². The first-order chi connectivity index (χ1) is 11.2. The smallest absolute Gasteiger partial charge is 0.191 e. The third-order valence-corrected chi connectivity index (χ3v) is 3.44. The quantitative estimate of drug-likeness (QED) is 0.216. The van der Waals surface area contributed by atoms with E-state index in [9.17, 15) is 4.39 Å². The number of ether oxygens (including phenoxy) is 2. The molecule has 0 aromatic heterocycles. The highest BCUT2D eigenvalue weighted by molar-refractivity contribution is 14.0. The Morgan fingerprint density at radius 1 is 1.25 bits per heavy atom. The van der Waals surface area contributed by atoms with Gasteiger partial charge in [-0.1, -0.05) is 15.9 Å². The summed E-state index contributed by atoms with van der Waals surface area (Å²) >= 11 is 3.34. The van der Waals surface area contributed by atoms with Gasteiger partial charge in [0.25, 0.3) is 0 Å². The molecule has 24 heavy (non-hydrogen) atoms. The van der Waals surface area contributed by atoms with Crippen LogP contribution < -0.4 is 10.6 Å². The number of nitrogens with zero attached hydrogens (tertiary/aromatic N) is 1. The Bertz CT molecular complexity index is 492. The number of hydrogen-bond donors (Lipinski definition) is 2. The molecule has 5 nitrogen and oxygen atoms in total. The SMILES string of the molecule is CCNC(=NCc1cc(Br)ccc1F)NCCCOCCOC.I. The van der Waals surface area contributed by atoms with Crippen LogP contribution in [0.4, 0.5) is 4.39 Å². The van der Waals surface area contributed by atoms with Gasteiger partial charge in [0.15, 0.2) is 5.96 Å². The lowest BCUT2D eigenvalue weighted by Crippen LogP contribution is -2.38. The molecule has 8 heteroatoms. The van der Waals surface area contributed by atoms with Crippen molar-refractivity contribution in [2.24, 2.45) is 4.99 Å². The standard InChI is InChI=1S/C16H25BrFN3O2.HI/c1-3-19-16(20-7-4-8-23-10-9-22-2)21-12-13-11-14(17)5-6-15(13)18;/h5-6,11H,3-4,7-10,12H2,1-2H3,(H2,19,20,21);1H. The minimum absolute atomic E-state index is 0. The summed E-state index contributed by atoms with van der Waals surface area (Å²) in [7, 11) is 1.65. The molecule has 0 fully saturated rings. The molecular weight excluding hydrogens is 492 g/mol. The van der Waals surface area contributed by atoms with Gasteiger partial charge >= 0.3 is 0 Å². The highest BCUT2D eigenvalue weighted by Gasteiger charge is 2.03. The topological polar surface area (TPSA) is 54.9 Å². The van der Waals surface area contributed by atoms with Crippen LogP contribution in [0.25, 0.3) is 0 Å². The van der Waals surface area contributed by atoms with Gasteiger partial charge in [-0.2, -0.15) is 0 Å². The molecule has 2 N–H and O–H groups in total. The molecule has 0 saturated heterocycles. The summed E-state index contributed by atoms with van der Waals surface area (Å²) in [5.41, 5.74) is 0.555. The molecular formula is C16H26BrFIN3O2. The van der Waals surface area contributed by atoms with E-state index in [1.54, 1.807) is 19.2 Å². The van der Waals surface area contributed by atoms with Crippen LogP contribution in [0.5, 0.6) is 0 Å². The molecule has 0 aliphatic rings. The third-order valence-electron chi connectivity index (χ3n) is 2.95. The summed E-state index contributed by atoms with van der Waals surface area (Å²) in [6.07, 6.45) is 0.860. The van der Waals surface area contributed by atoms with E-state index in [0.29, 0.717) is 31.3 Å². The molecule has 0 aliphatic carbocycles. The van der Waals surface area contributed by atoms with Crippen molar-refractivity contribution in [1.82, 2.24) is 10.6 Å². The average Bonchev–Trinajstić information content (AvgIpc) is 2.54. The van der Waals surface area contributed by atoms with Crippen molar-refractivity contribution in [3.05, 3.63) is 34.1 Å². The largest absolute Gasteiger partial charge is 0.382 e. The highest BCUT2D eigenvalue weighted by atomic mass is 127. The molecule has 0 saturated carbocycles. The van der Waals surface area contributed by atoms with Crippen molar-refractivity contribution in [1.29, 1.82) is 0 Å². The van der Waals surface area contributed by atoms with Gasteiger partial charge < -0.3 is 20.1 Å². The summed E-state index contributed by atoms with van der Waals surface area (Å²) < 4.78 is 24.8. The second-order valence-electron chi connectivity index (χ2n) is 4.82. The van der Waals surface area contributed by atoms with E-state index in [4.69, 9.17) is 9.47 Å². The maximum Gasteiger partial charge on any atom is 0.191 e. The highest BCUT2D eigenvalue weighted by Crippen LogP contribution is 2.16. The van der Waals surface area contributed by atoms with E-state index in [1.165, 1.54) is 6.07 Å². The zero-order valence-electron chi connectivity index (χ0n) is 14.1. The monoisotopic (exact) mass is 517 g/mol. The summed E-state index contributed by atoms with van der Waals surface area (Å²) in [5, 5.41) is 6.35. The first-order valence-corrected chi connectivity index (χ1v) is 8.49. The van der Waals surface area contributed by atoms with E-state index in [0.717, 1.165) is 24.0 Å². The number of nitrogens with one attached hydrogen (secondary N) is 2. The maximum absolute atomic E-state index is 13.7. The van der Waals surface area contributed by atoms with Crippen LogP contribution in [0, 0.1) is 5.82 Å². The third kappa shape index (κ3) is 10.4. The number of methoxy groups -OCH3 is 1. The Morgan fingerprint density at radius 2 is 2.04 bits per heavy atom. The molecule has 0 unspecified atom stereocenters. The van der Waals surface area contributed by atoms with Crippen molar-refractivity contribution in [3.63, 3.8) is 0 Å². The summed E-state index contributed by atoms with van der Waals surface area (Å²) in [4.78, 5) is 4.41. The lowest BCUT2D eigenvalue weighted by atomic mass is 10.2. The lowest BCUT2D eigenvalue weighted by Gasteiger charge is -2.11. The summed E-state index contributed by atoms with van der Waals surface area (Å²) in [5.74, 6) is 0.420. The predicted octanol–water partition coefficient (Wildman–Crippen LogP) is 3.31. The molecule has 0 bridgehead atoms. The number of hydrogen-bond acceptors (Lipinski definition) is 3. The fourth-order valence-corrected chi connectivity index (χ4v) is 2.20. The molecule has 0 aliphatic heterocycles. The van der Waals surface area contributed by atoms with Gasteiger partial charge in [-0.3, -0.25) is 0 Å². The van der Waals surface area contributed by atoms with Gasteiger partial charge in [0, 0.05) is 36.8 Å². The van der Waals surface area contributed by atoms with E-state index >= 15 is 0 Å². The van der Waals surface area contributed by atoms with E-state index < -0.39 is 0 Å². The van der Waals surface area contributed by atoms with E-state index in [2.05, 4.69) is 31.6 Å². The first-order valence-electron chi connectivity index (χ1n) is 7.70. The summed E-state index contributed by atoms with van der Waals surface area (Å²) in [6, 6.07) is 4.86. The van der Waals surface area contributed by atoms with Crippen LogP contribution in [0.2, 0.25) is 0 Å². The van der Waals surface area contributed by atoms with Crippen molar-refractivity contribution >= 4 is 45.9 Å². The summed E-state index contributed by atoms with van der Waals surface area (Å²) in [6.45, 7) is 5.63. The average molecular weight is 518 g/mol. The van der Waals surface area contributed by atoms with Crippen LogP contribution in [0.3, 0.4) is 0 Å². The van der Waals surface area contributed by atoms with Gasteiger partial charge in [-0.25, -0.2) is 9.38 Å². The molecule has 0 spiro atoms. The number of benzene rings is 1. The predicted molar refractivity (Wildman–Crippen MR) is 110 cm³/mol. The molecule has 1 rings (SSSR count). The Labute approximate surface area is 168 Å². The van der Waals surface area contributed by atoms with Crippen LogP contribution in [0.15, 0.2) is 27.7 Å². The van der Waals surface area contributed by atoms with Crippen LogP contribution in [0.1, 0.15) is 18.9 Å². The molecule has 0 atom stereocenters. The Balaban J connectivity index is 0.00000529. The van der Waals surface area contributed by atoms with Crippen LogP contribution >= 0.6 is 39.9 Å². The normalized spacial score (nSPS) is 11.1. The molecule has 0 amide bonds. The maximum atomic E-state index is 13.7. The number of halogens is 3. The van der Waals surface area contributed by atoms with Crippen LogP contribution in [-0.2, 0) is 16.0 Å². The molecule has 1 aromatic rings. The Morgan fingerprint density at radius 3 is 2.75 bits per heavy atom. The molecule has 0 heterocycles. The van der Waals surface area contributed by atoms with Gasteiger partial charge in [0.2, 0.25) is 0 Å². The number of guanidine groups is 1. The second-order valence-corrected chi connectivity index (χ2v) is 5.73. The number of rotatable bonds is 10. The minimum atomic E-state index is -0.251. The minimum Gasteiger partial charge on any atom is -0.382 e. The molecule has 138 valence electrons. The fraction of sp³-hybridized carbons (Fsp3) is 0.562. The molecule has 1 aromatic carbocycles. The van der Waals surface area contributed by atoms with Gasteiger partial charge in [0.05, 0.1) is 19.8 Å². The fourth-order valence-electron chi connectivity index (χ4n) is 1.80. The Hall–Kier alpha value is -0.450. The Kier molecular flexibility index (Phi) is 14.6. The van der Waals surface area contributed by atoms with E-state index in [1.807, 2.05) is 6.92 Å². The lowest BCUT2D eigenvalue weighted by molar-refractivity contribution is 0.0698. The van der Waals surface area contributed by atoms with Crippen molar-refractivity contribution in [2.75, 3.05) is 40.0 Å². The molecule has 0 radical (unpaired) electrons. The van der Waals surface area contributed by atoms with Crippen molar-refractivity contribution < 1.29 is 13.9 Å². The van der Waals surface area contributed by atoms with Crippen LogP contribution in [-0.4, -0.2) is 46.0 Å². The zero-order chi connectivity index (χ0) is 16.9. The van der Waals surface area contributed by atoms with Crippen molar-refractivity contribution in [2.45, 2.75) is 19.9 Å². The van der Waals surface area contributed by atoms with Gasteiger partial charge in [-0.15, -0.1) is 24.0 Å². The van der Waals surface area contributed by atoms with E-state index in [-0.39, 0.29) is 36.3 Å². The first kappa shape index (κ1) is 23.5.